The van der Waals surface area contributed by atoms with Crippen molar-refractivity contribution in [1.82, 2.24) is 5.32 Å². The zero-order chi connectivity index (χ0) is 22.2. The molecule has 0 bridgehead atoms. The van der Waals surface area contributed by atoms with Gasteiger partial charge in [0.15, 0.2) is 18.1 Å². The van der Waals surface area contributed by atoms with Gasteiger partial charge in [-0.05, 0) is 43.2 Å². The zero-order valence-electron chi connectivity index (χ0n) is 17.9. The highest BCUT2D eigenvalue weighted by Gasteiger charge is 2.14. The van der Waals surface area contributed by atoms with E-state index in [4.69, 9.17) is 21.1 Å². The van der Waals surface area contributed by atoms with Crippen LogP contribution in [0.3, 0.4) is 0 Å². The molecule has 1 unspecified atom stereocenters. The number of halogens is 1. The number of amides is 1. The van der Waals surface area contributed by atoms with Gasteiger partial charge in [-0.25, -0.2) is 0 Å². The summed E-state index contributed by atoms with van der Waals surface area (Å²) in [7, 11) is 1.56. The van der Waals surface area contributed by atoms with E-state index in [1.165, 1.54) is 5.56 Å². The lowest BCUT2D eigenvalue weighted by Crippen LogP contribution is -2.20. The molecule has 0 spiro atoms. The summed E-state index contributed by atoms with van der Waals surface area (Å²) in [6.07, 6.45) is 0. The molecule has 162 valence electrons. The van der Waals surface area contributed by atoms with Crippen molar-refractivity contribution < 1.29 is 14.3 Å². The van der Waals surface area contributed by atoms with Crippen LogP contribution in [0.25, 0.3) is 0 Å². The number of carbonyl (C=O) groups excluding carboxylic acids is 1. The summed E-state index contributed by atoms with van der Waals surface area (Å²) >= 11 is 6.47. The van der Waals surface area contributed by atoms with Gasteiger partial charge < -0.3 is 20.1 Å². The van der Waals surface area contributed by atoms with E-state index in [1.54, 1.807) is 13.2 Å². The van der Waals surface area contributed by atoms with Gasteiger partial charge in [-0.3, -0.25) is 4.79 Å². The van der Waals surface area contributed by atoms with Crippen LogP contribution in [0.1, 0.15) is 29.7 Å². The molecule has 5 nitrogen and oxygen atoms in total. The first-order valence-corrected chi connectivity index (χ1v) is 10.5. The molecule has 6 heteroatoms. The first kappa shape index (κ1) is 22.7. The maximum Gasteiger partial charge on any atom is 0.262 e. The molecule has 0 aromatic heterocycles. The number of hydrogen-bond donors (Lipinski definition) is 2. The predicted octanol–water partition coefficient (Wildman–Crippen LogP) is 5.53. The molecule has 3 aromatic carbocycles. The minimum Gasteiger partial charge on any atom is -0.493 e. The van der Waals surface area contributed by atoms with Crippen molar-refractivity contribution in [3.8, 4) is 11.5 Å². The van der Waals surface area contributed by atoms with Crippen LogP contribution in [0.5, 0.6) is 11.5 Å². The lowest BCUT2D eigenvalue weighted by Gasteiger charge is -2.17. The van der Waals surface area contributed by atoms with Gasteiger partial charge in [0, 0.05) is 29.4 Å². The van der Waals surface area contributed by atoms with Crippen LogP contribution < -0.4 is 20.1 Å². The van der Waals surface area contributed by atoms with Gasteiger partial charge in [-0.2, -0.15) is 0 Å². The minimum atomic E-state index is -0.260. The highest BCUT2D eigenvalue weighted by atomic mass is 35.5. The van der Waals surface area contributed by atoms with Gasteiger partial charge in [-0.15, -0.1) is 0 Å². The Morgan fingerprint density at radius 2 is 1.74 bits per heavy atom. The van der Waals surface area contributed by atoms with Crippen molar-refractivity contribution in [2.24, 2.45) is 0 Å². The number of aryl methyl sites for hydroxylation is 1. The fraction of sp³-hybridized carbons (Fsp3) is 0.240. The maximum atomic E-state index is 12.2. The van der Waals surface area contributed by atoms with Gasteiger partial charge in [0.25, 0.3) is 5.91 Å². The number of benzene rings is 3. The molecular formula is C25H27ClN2O3. The van der Waals surface area contributed by atoms with Gasteiger partial charge in [0.05, 0.1) is 7.11 Å². The van der Waals surface area contributed by atoms with Crippen molar-refractivity contribution in [2.45, 2.75) is 26.4 Å². The number of nitrogens with one attached hydrogen (secondary N) is 2. The summed E-state index contributed by atoms with van der Waals surface area (Å²) in [5.41, 5.74) is 3.93. The average molecular weight is 439 g/mol. The number of carbonyl (C=O) groups is 1. The number of hydrogen-bond acceptors (Lipinski definition) is 4. The second kappa shape index (κ2) is 10.8. The molecule has 3 aromatic rings. The first-order valence-electron chi connectivity index (χ1n) is 10.1. The molecule has 1 atom stereocenters. The van der Waals surface area contributed by atoms with E-state index in [9.17, 15) is 4.79 Å². The fourth-order valence-corrected chi connectivity index (χ4v) is 3.31. The van der Waals surface area contributed by atoms with Crippen molar-refractivity contribution in [3.63, 3.8) is 0 Å². The van der Waals surface area contributed by atoms with E-state index in [1.807, 2.05) is 55.5 Å². The molecule has 31 heavy (non-hydrogen) atoms. The molecule has 0 saturated carbocycles. The third-order valence-corrected chi connectivity index (χ3v) is 5.28. The standard InChI is InChI=1S/C25H27ClN2O3/c1-17-9-11-21(12-10-17)28-25(29)16-31-24-14-22(26)20(13-23(24)30-3)15-27-18(2)19-7-5-4-6-8-19/h4-14,18,27H,15-16H2,1-3H3,(H,28,29). The highest BCUT2D eigenvalue weighted by Crippen LogP contribution is 2.33. The second-order valence-corrected chi connectivity index (χ2v) is 7.72. The smallest absolute Gasteiger partial charge is 0.262 e. The van der Waals surface area contributed by atoms with Crippen molar-refractivity contribution in [2.75, 3.05) is 19.0 Å². The van der Waals surface area contributed by atoms with E-state index >= 15 is 0 Å². The minimum absolute atomic E-state index is 0.150. The molecule has 0 saturated heterocycles. The van der Waals surface area contributed by atoms with E-state index < -0.39 is 0 Å². The second-order valence-electron chi connectivity index (χ2n) is 7.31. The third-order valence-electron chi connectivity index (χ3n) is 4.93. The van der Waals surface area contributed by atoms with Crippen LogP contribution in [0, 0.1) is 6.92 Å². The highest BCUT2D eigenvalue weighted by molar-refractivity contribution is 6.31. The average Bonchev–Trinajstić information content (AvgIpc) is 2.79. The van der Waals surface area contributed by atoms with Gasteiger partial charge in [-0.1, -0.05) is 59.6 Å². The van der Waals surface area contributed by atoms with Crippen molar-refractivity contribution >= 4 is 23.2 Å². The van der Waals surface area contributed by atoms with Crippen LogP contribution in [-0.4, -0.2) is 19.6 Å². The summed E-state index contributed by atoms with van der Waals surface area (Å²) in [5.74, 6) is 0.688. The summed E-state index contributed by atoms with van der Waals surface area (Å²) < 4.78 is 11.1. The molecule has 1 amide bonds. The summed E-state index contributed by atoms with van der Waals surface area (Å²) in [6.45, 7) is 4.51. The van der Waals surface area contributed by atoms with Crippen LogP contribution >= 0.6 is 11.6 Å². The summed E-state index contributed by atoms with van der Waals surface area (Å²) in [5, 5.41) is 6.81. The molecule has 0 aliphatic rings. The Morgan fingerprint density at radius 1 is 1.03 bits per heavy atom. The summed E-state index contributed by atoms with van der Waals surface area (Å²) in [4.78, 5) is 12.2. The fourth-order valence-electron chi connectivity index (χ4n) is 3.08. The summed E-state index contributed by atoms with van der Waals surface area (Å²) in [6, 6.07) is 21.5. The third kappa shape index (κ3) is 6.48. The van der Waals surface area contributed by atoms with Gasteiger partial charge >= 0.3 is 0 Å². The first-order chi connectivity index (χ1) is 15.0. The number of rotatable bonds is 9. The molecule has 0 heterocycles. The Balaban J connectivity index is 1.60. The quantitative estimate of drug-likeness (QED) is 0.461. The predicted molar refractivity (Wildman–Crippen MR) is 125 cm³/mol. The van der Waals surface area contributed by atoms with Crippen molar-refractivity contribution in [1.29, 1.82) is 0 Å². The molecular weight excluding hydrogens is 412 g/mol. The molecule has 0 aliphatic carbocycles. The zero-order valence-corrected chi connectivity index (χ0v) is 18.7. The number of methoxy groups -OCH3 is 1. The molecule has 0 fully saturated rings. The van der Waals surface area contributed by atoms with Gasteiger partial charge in [0.1, 0.15) is 0 Å². The number of ether oxygens (including phenoxy) is 2. The lowest BCUT2D eigenvalue weighted by molar-refractivity contribution is -0.118. The normalized spacial score (nSPS) is 11.6. The topological polar surface area (TPSA) is 59.6 Å². The lowest BCUT2D eigenvalue weighted by atomic mass is 10.1. The van der Waals surface area contributed by atoms with Crippen molar-refractivity contribution in [3.05, 3.63) is 88.4 Å². The number of anilines is 1. The monoisotopic (exact) mass is 438 g/mol. The van der Waals surface area contributed by atoms with E-state index in [0.717, 1.165) is 16.8 Å². The molecule has 3 rings (SSSR count). The maximum absolute atomic E-state index is 12.2. The molecule has 2 N–H and O–H groups in total. The van der Waals surface area contributed by atoms with Crippen LogP contribution in [0.15, 0.2) is 66.7 Å². The SMILES string of the molecule is COc1cc(CNC(C)c2ccccc2)c(Cl)cc1OCC(=O)Nc1ccc(C)cc1. The van der Waals surface area contributed by atoms with E-state index in [-0.39, 0.29) is 18.6 Å². The van der Waals surface area contributed by atoms with Gasteiger partial charge in [0.2, 0.25) is 0 Å². The van der Waals surface area contributed by atoms with Crippen LogP contribution in [-0.2, 0) is 11.3 Å². The Morgan fingerprint density at radius 3 is 2.42 bits per heavy atom. The van der Waals surface area contributed by atoms with Crippen LogP contribution in [0.2, 0.25) is 5.02 Å². The largest absolute Gasteiger partial charge is 0.493 e. The van der Waals surface area contributed by atoms with E-state index in [0.29, 0.717) is 23.1 Å². The Kier molecular flexibility index (Phi) is 7.93. The molecule has 0 aliphatic heterocycles. The Bertz CT molecular complexity index is 1010. The van der Waals surface area contributed by atoms with E-state index in [2.05, 4.69) is 29.7 Å². The van der Waals surface area contributed by atoms with Crippen LogP contribution in [0.4, 0.5) is 5.69 Å². The molecule has 0 radical (unpaired) electrons. The Hall–Kier alpha value is -3.02. The Labute approximate surface area is 188 Å².